The number of aromatic nitrogens is 1. The molecule has 34 heavy (non-hydrogen) atoms. The Morgan fingerprint density at radius 2 is 1.74 bits per heavy atom. The van der Waals surface area contributed by atoms with E-state index < -0.39 is 27.7 Å². The van der Waals surface area contributed by atoms with Gasteiger partial charge in [0.05, 0.1) is 16.0 Å². The van der Waals surface area contributed by atoms with E-state index in [0.29, 0.717) is 5.56 Å². The summed E-state index contributed by atoms with van der Waals surface area (Å²) in [5.41, 5.74) is 0.964. The lowest BCUT2D eigenvalue weighted by atomic mass is 10.0. The molecule has 0 bridgehead atoms. The van der Waals surface area contributed by atoms with Crippen molar-refractivity contribution in [2.24, 2.45) is 0 Å². The first-order valence-corrected chi connectivity index (χ1v) is 12.6. The summed E-state index contributed by atoms with van der Waals surface area (Å²) in [5, 5.41) is 10.9. The molecule has 0 saturated carbocycles. The Hall–Kier alpha value is -3.11. The van der Waals surface area contributed by atoms with Gasteiger partial charge in [-0.3, -0.25) is 0 Å². The molecule has 2 heterocycles. The number of hydrogen-bond donors (Lipinski definition) is 1. The Labute approximate surface area is 198 Å². The maximum absolute atomic E-state index is 13.6. The summed E-state index contributed by atoms with van der Waals surface area (Å²) in [4.78, 5) is 11.3. The predicted molar refractivity (Wildman–Crippen MR) is 124 cm³/mol. The molecule has 5 nitrogen and oxygen atoms in total. The molecule has 0 saturated heterocycles. The van der Waals surface area contributed by atoms with Crippen molar-refractivity contribution in [1.29, 1.82) is 0 Å². The van der Waals surface area contributed by atoms with Gasteiger partial charge in [-0.2, -0.15) is 13.2 Å². The van der Waals surface area contributed by atoms with Crippen molar-refractivity contribution in [2.75, 3.05) is 0 Å². The van der Waals surface area contributed by atoms with Gasteiger partial charge in [-0.05, 0) is 64.9 Å². The molecular formula is C24H20F3NO4S2. The van der Waals surface area contributed by atoms with Crippen LogP contribution in [-0.4, -0.2) is 23.5 Å². The molecule has 0 spiro atoms. The molecule has 0 unspecified atom stereocenters. The van der Waals surface area contributed by atoms with E-state index in [1.54, 1.807) is 17.5 Å². The number of benzene rings is 2. The van der Waals surface area contributed by atoms with Crippen LogP contribution in [0.5, 0.6) is 0 Å². The van der Waals surface area contributed by atoms with E-state index in [4.69, 9.17) is 0 Å². The maximum Gasteiger partial charge on any atom is 0.416 e. The third-order valence-corrected chi connectivity index (χ3v) is 8.24. The Morgan fingerprint density at radius 1 is 1.06 bits per heavy atom. The molecule has 0 aliphatic rings. The number of carboxylic acid groups (broad SMARTS) is 1. The summed E-state index contributed by atoms with van der Waals surface area (Å²) in [6, 6.07) is 12.2. The third kappa shape index (κ3) is 4.47. The van der Waals surface area contributed by atoms with Crippen LogP contribution in [0.25, 0.3) is 10.9 Å². The van der Waals surface area contributed by atoms with Crippen LogP contribution in [0, 0.1) is 0 Å². The molecule has 0 amide bonds. The number of carbonyl (C=O) groups is 1. The van der Waals surface area contributed by atoms with Crippen LogP contribution in [0.2, 0.25) is 0 Å². The second-order valence-electron chi connectivity index (χ2n) is 8.20. The number of nitrogens with zero attached hydrogens (tertiary/aromatic N) is 1. The van der Waals surface area contributed by atoms with Gasteiger partial charge in [0.2, 0.25) is 0 Å². The quantitative estimate of drug-likeness (QED) is 0.329. The minimum Gasteiger partial charge on any atom is -0.477 e. The highest BCUT2D eigenvalue weighted by Gasteiger charge is 2.32. The predicted octanol–water partition coefficient (Wildman–Crippen LogP) is 6.37. The minimum absolute atomic E-state index is 0.00657. The highest BCUT2D eigenvalue weighted by atomic mass is 32.2. The summed E-state index contributed by atoms with van der Waals surface area (Å²) in [7, 11) is -4.15. The Balaban J connectivity index is 1.89. The summed E-state index contributed by atoms with van der Waals surface area (Å²) in [5.74, 6) is -0.910. The first kappa shape index (κ1) is 24.0. The molecule has 1 N–H and O–H groups in total. The number of halogens is 3. The van der Waals surface area contributed by atoms with Crippen LogP contribution < -0.4 is 0 Å². The number of alkyl halides is 3. The molecule has 0 fully saturated rings. The fourth-order valence-electron chi connectivity index (χ4n) is 3.75. The highest BCUT2D eigenvalue weighted by molar-refractivity contribution is 7.90. The maximum atomic E-state index is 13.6. The zero-order valence-corrected chi connectivity index (χ0v) is 19.8. The Bertz CT molecular complexity index is 1480. The molecular weight excluding hydrogens is 487 g/mol. The van der Waals surface area contributed by atoms with Crippen molar-refractivity contribution in [2.45, 2.75) is 37.3 Å². The van der Waals surface area contributed by atoms with E-state index in [2.05, 4.69) is 0 Å². The summed E-state index contributed by atoms with van der Waals surface area (Å²) < 4.78 is 68.2. The Kier molecular flexibility index (Phi) is 6.07. The molecule has 0 aliphatic carbocycles. The molecule has 4 rings (SSSR count). The van der Waals surface area contributed by atoms with Gasteiger partial charge in [0.1, 0.15) is 4.88 Å². The second kappa shape index (κ2) is 8.59. The van der Waals surface area contributed by atoms with Crippen LogP contribution in [0.15, 0.2) is 64.9 Å². The van der Waals surface area contributed by atoms with E-state index in [1.165, 1.54) is 24.3 Å². The van der Waals surface area contributed by atoms with Gasteiger partial charge in [0.15, 0.2) is 0 Å². The zero-order valence-electron chi connectivity index (χ0n) is 18.1. The van der Waals surface area contributed by atoms with Crippen LogP contribution in [0.3, 0.4) is 0 Å². The largest absolute Gasteiger partial charge is 0.477 e. The average molecular weight is 508 g/mol. The fourth-order valence-corrected chi connectivity index (χ4v) is 6.04. The third-order valence-electron chi connectivity index (χ3n) is 5.49. The van der Waals surface area contributed by atoms with E-state index >= 15 is 0 Å². The monoisotopic (exact) mass is 507 g/mol. The van der Waals surface area contributed by atoms with Gasteiger partial charge >= 0.3 is 12.1 Å². The van der Waals surface area contributed by atoms with Gasteiger partial charge < -0.3 is 5.11 Å². The zero-order chi connectivity index (χ0) is 24.8. The molecule has 2 aromatic heterocycles. The number of hydrogen-bond acceptors (Lipinski definition) is 4. The summed E-state index contributed by atoms with van der Waals surface area (Å²) >= 11 is 0.997. The lowest BCUT2D eigenvalue weighted by molar-refractivity contribution is -0.137. The van der Waals surface area contributed by atoms with Crippen LogP contribution in [0.1, 0.15) is 51.8 Å². The molecule has 2 aromatic carbocycles. The lowest BCUT2D eigenvalue weighted by Crippen LogP contribution is -2.16. The van der Waals surface area contributed by atoms with Crippen LogP contribution in [0.4, 0.5) is 13.2 Å². The number of carboxylic acids is 1. The van der Waals surface area contributed by atoms with Gasteiger partial charge in [0, 0.05) is 17.5 Å². The standard InChI is InChI=1S/C24H20F3NO4S2/c1-14(2)16-3-6-20(7-4-16)34(31,32)28-19(9-15-10-22(23(29)30)33-13-15)12-17-11-18(24(25,26)27)5-8-21(17)28/h3-8,10-14H,9H2,1-2H3,(H,29,30). The number of aromatic carboxylic acids is 1. The normalized spacial score (nSPS) is 12.5. The first-order valence-electron chi connectivity index (χ1n) is 10.3. The smallest absolute Gasteiger partial charge is 0.416 e. The first-order chi connectivity index (χ1) is 15.9. The van der Waals surface area contributed by atoms with Gasteiger partial charge in [-0.1, -0.05) is 26.0 Å². The second-order valence-corrected chi connectivity index (χ2v) is 10.9. The van der Waals surface area contributed by atoms with Gasteiger partial charge in [-0.25, -0.2) is 17.2 Å². The number of fused-ring (bicyclic) bond motifs is 1. The number of rotatable bonds is 6. The van der Waals surface area contributed by atoms with Crippen LogP contribution >= 0.6 is 11.3 Å². The topological polar surface area (TPSA) is 76.4 Å². The van der Waals surface area contributed by atoms with Crippen molar-refractivity contribution < 1.29 is 31.5 Å². The molecule has 0 atom stereocenters. The average Bonchev–Trinajstić information content (AvgIpc) is 3.37. The van der Waals surface area contributed by atoms with Gasteiger partial charge in [-0.15, -0.1) is 11.3 Å². The van der Waals surface area contributed by atoms with Crippen LogP contribution in [-0.2, 0) is 22.6 Å². The number of thiophene rings is 1. The van der Waals surface area contributed by atoms with Crippen molar-refractivity contribution in [3.63, 3.8) is 0 Å². The van der Waals surface area contributed by atoms with E-state index in [-0.39, 0.29) is 38.7 Å². The van der Waals surface area contributed by atoms with Crippen molar-refractivity contribution in [3.05, 3.63) is 87.2 Å². The molecule has 0 aliphatic heterocycles. The van der Waals surface area contributed by atoms with E-state index in [0.717, 1.165) is 39.1 Å². The van der Waals surface area contributed by atoms with E-state index in [1.807, 2.05) is 13.8 Å². The molecule has 0 radical (unpaired) electrons. The van der Waals surface area contributed by atoms with Crippen molar-refractivity contribution in [1.82, 2.24) is 3.97 Å². The van der Waals surface area contributed by atoms with Crippen molar-refractivity contribution >= 4 is 38.2 Å². The van der Waals surface area contributed by atoms with E-state index in [9.17, 15) is 31.5 Å². The summed E-state index contributed by atoms with van der Waals surface area (Å²) in [6.45, 7) is 3.96. The fraction of sp³-hybridized carbons (Fsp3) is 0.208. The Morgan fingerprint density at radius 3 is 2.29 bits per heavy atom. The molecule has 4 aromatic rings. The summed E-state index contributed by atoms with van der Waals surface area (Å²) in [6.07, 6.45) is -4.55. The molecule has 178 valence electrons. The van der Waals surface area contributed by atoms with Crippen molar-refractivity contribution in [3.8, 4) is 0 Å². The highest BCUT2D eigenvalue weighted by Crippen LogP contribution is 2.34. The molecule has 10 heteroatoms. The minimum atomic E-state index is -4.58. The lowest BCUT2D eigenvalue weighted by Gasteiger charge is -2.13. The SMILES string of the molecule is CC(C)c1ccc(S(=O)(=O)n2c(Cc3csc(C(=O)O)c3)cc3cc(C(F)(F)F)ccc32)cc1. The van der Waals surface area contributed by atoms with Gasteiger partial charge in [0.25, 0.3) is 10.0 Å².